The third kappa shape index (κ3) is 4.48. The highest BCUT2D eigenvalue weighted by Gasteiger charge is 2.28. The number of aromatic nitrogens is 3. The Morgan fingerprint density at radius 3 is 2.73 bits per heavy atom. The van der Waals surface area contributed by atoms with Gasteiger partial charge in [-0.05, 0) is 49.6 Å². The lowest BCUT2D eigenvalue weighted by molar-refractivity contribution is 0.206. The van der Waals surface area contributed by atoms with Gasteiger partial charge in [0.05, 0.1) is 23.9 Å². The van der Waals surface area contributed by atoms with Crippen LogP contribution in [0, 0.1) is 11.3 Å². The molecule has 0 unspecified atom stereocenters. The van der Waals surface area contributed by atoms with Crippen molar-refractivity contribution in [3.8, 4) is 17.5 Å². The van der Waals surface area contributed by atoms with E-state index >= 15 is 0 Å². The number of urea groups is 1. The third-order valence-corrected chi connectivity index (χ3v) is 6.14. The van der Waals surface area contributed by atoms with E-state index in [-0.39, 0.29) is 6.03 Å². The summed E-state index contributed by atoms with van der Waals surface area (Å²) in [7, 11) is 0. The standard InChI is InChI=1S/C25H25N7O/c26-15-18-6-4-8-20(14-18)28-25(33)32-13-9-22-21(17-32)24(31-11-2-1-3-12-31)30-23(29-22)19-7-5-10-27-16-19/h4-8,10,14,16H,1-3,9,11-13,17H2,(H,28,33). The van der Waals surface area contributed by atoms with E-state index < -0.39 is 0 Å². The molecule has 0 atom stereocenters. The van der Waals surface area contributed by atoms with E-state index in [1.54, 1.807) is 41.6 Å². The van der Waals surface area contributed by atoms with Crippen LogP contribution in [0.2, 0.25) is 0 Å². The van der Waals surface area contributed by atoms with E-state index in [9.17, 15) is 4.79 Å². The molecular formula is C25H25N7O. The van der Waals surface area contributed by atoms with E-state index in [2.05, 4.69) is 21.3 Å². The molecule has 4 heterocycles. The molecule has 1 aromatic carbocycles. The molecule has 1 saturated heterocycles. The lowest BCUT2D eigenvalue weighted by Gasteiger charge is -2.34. The lowest BCUT2D eigenvalue weighted by Crippen LogP contribution is -2.41. The van der Waals surface area contributed by atoms with Crippen molar-refractivity contribution in [2.45, 2.75) is 32.2 Å². The van der Waals surface area contributed by atoms with Gasteiger partial charge in [-0.25, -0.2) is 14.8 Å². The molecule has 1 N–H and O–H groups in total. The summed E-state index contributed by atoms with van der Waals surface area (Å²) in [5.41, 5.74) is 4.05. The van der Waals surface area contributed by atoms with Gasteiger partial charge in [0.25, 0.3) is 0 Å². The van der Waals surface area contributed by atoms with Crippen LogP contribution in [0.4, 0.5) is 16.3 Å². The maximum Gasteiger partial charge on any atom is 0.322 e. The largest absolute Gasteiger partial charge is 0.356 e. The fourth-order valence-corrected chi connectivity index (χ4v) is 4.43. The SMILES string of the molecule is N#Cc1cccc(NC(=O)N2CCc3nc(-c4cccnc4)nc(N4CCCCC4)c3C2)c1. The molecule has 0 bridgehead atoms. The molecule has 3 aromatic rings. The zero-order chi connectivity index (χ0) is 22.6. The van der Waals surface area contributed by atoms with Crippen molar-refractivity contribution in [1.29, 1.82) is 5.26 Å². The maximum atomic E-state index is 13.0. The van der Waals surface area contributed by atoms with Gasteiger partial charge in [0.15, 0.2) is 5.82 Å². The number of carbonyl (C=O) groups excluding carboxylic acids is 1. The number of pyridine rings is 1. The molecule has 1 fully saturated rings. The number of rotatable bonds is 3. The molecule has 33 heavy (non-hydrogen) atoms. The van der Waals surface area contributed by atoms with Crippen molar-refractivity contribution in [3.05, 3.63) is 65.6 Å². The number of nitriles is 1. The van der Waals surface area contributed by atoms with Gasteiger partial charge in [-0.1, -0.05) is 6.07 Å². The van der Waals surface area contributed by atoms with Crippen molar-refractivity contribution >= 4 is 17.5 Å². The van der Waals surface area contributed by atoms with Gasteiger partial charge >= 0.3 is 6.03 Å². The van der Waals surface area contributed by atoms with Crippen molar-refractivity contribution in [2.75, 3.05) is 29.9 Å². The average Bonchev–Trinajstić information content (AvgIpc) is 2.89. The average molecular weight is 440 g/mol. The first-order valence-corrected chi connectivity index (χ1v) is 11.3. The van der Waals surface area contributed by atoms with Crippen LogP contribution in [0.25, 0.3) is 11.4 Å². The lowest BCUT2D eigenvalue weighted by atomic mass is 10.0. The number of anilines is 2. The number of fused-ring (bicyclic) bond motifs is 1. The van der Waals surface area contributed by atoms with Gasteiger partial charge in [-0.15, -0.1) is 0 Å². The minimum atomic E-state index is -0.184. The van der Waals surface area contributed by atoms with Gasteiger partial charge in [0, 0.05) is 55.3 Å². The second kappa shape index (κ2) is 9.25. The quantitative estimate of drug-likeness (QED) is 0.663. The van der Waals surface area contributed by atoms with Crippen molar-refractivity contribution in [2.24, 2.45) is 0 Å². The summed E-state index contributed by atoms with van der Waals surface area (Å²) in [6.07, 6.45) is 7.71. The zero-order valence-corrected chi connectivity index (χ0v) is 18.4. The third-order valence-electron chi connectivity index (χ3n) is 6.14. The van der Waals surface area contributed by atoms with Gasteiger partial charge < -0.3 is 15.1 Å². The molecule has 2 aliphatic heterocycles. The van der Waals surface area contributed by atoms with Crippen molar-refractivity contribution in [1.82, 2.24) is 19.9 Å². The Kier molecular flexibility index (Phi) is 5.85. The molecule has 8 heteroatoms. The van der Waals surface area contributed by atoms with E-state index in [0.717, 1.165) is 48.6 Å². The number of carbonyl (C=O) groups is 1. The molecule has 8 nitrogen and oxygen atoms in total. The molecule has 0 saturated carbocycles. The Morgan fingerprint density at radius 1 is 1.06 bits per heavy atom. The van der Waals surface area contributed by atoms with Gasteiger partial charge in [-0.2, -0.15) is 5.26 Å². The Labute approximate surface area is 192 Å². The maximum absolute atomic E-state index is 13.0. The van der Waals surface area contributed by atoms with Crippen LogP contribution in [0.5, 0.6) is 0 Å². The minimum absolute atomic E-state index is 0.184. The molecule has 5 rings (SSSR count). The summed E-state index contributed by atoms with van der Waals surface area (Å²) in [4.78, 5) is 31.2. The first-order valence-electron chi connectivity index (χ1n) is 11.3. The van der Waals surface area contributed by atoms with Crippen LogP contribution < -0.4 is 10.2 Å². The fourth-order valence-electron chi connectivity index (χ4n) is 4.43. The number of piperidine rings is 1. The molecule has 0 spiro atoms. The highest BCUT2D eigenvalue weighted by molar-refractivity contribution is 5.89. The number of hydrogen-bond acceptors (Lipinski definition) is 6. The predicted molar refractivity (Wildman–Crippen MR) is 126 cm³/mol. The monoisotopic (exact) mass is 439 g/mol. The van der Waals surface area contributed by atoms with Crippen LogP contribution >= 0.6 is 0 Å². The van der Waals surface area contributed by atoms with Crippen LogP contribution in [-0.4, -0.2) is 45.5 Å². The van der Waals surface area contributed by atoms with Gasteiger partial charge in [0.2, 0.25) is 0 Å². The second-order valence-corrected chi connectivity index (χ2v) is 8.38. The number of amides is 2. The predicted octanol–water partition coefficient (Wildman–Crippen LogP) is 3.99. The summed E-state index contributed by atoms with van der Waals surface area (Å²) in [6, 6.07) is 12.7. The van der Waals surface area contributed by atoms with E-state index in [0.29, 0.717) is 36.6 Å². The Morgan fingerprint density at radius 2 is 1.94 bits per heavy atom. The summed E-state index contributed by atoms with van der Waals surface area (Å²) >= 11 is 0. The van der Waals surface area contributed by atoms with Crippen LogP contribution in [-0.2, 0) is 13.0 Å². The van der Waals surface area contributed by atoms with Crippen LogP contribution in [0.3, 0.4) is 0 Å². The summed E-state index contributed by atoms with van der Waals surface area (Å²) in [6.45, 7) is 2.95. The highest BCUT2D eigenvalue weighted by atomic mass is 16.2. The highest BCUT2D eigenvalue weighted by Crippen LogP contribution is 2.31. The normalized spacial score (nSPS) is 15.5. The molecule has 0 radical (unpaired) electrons. The smallest absolute Gasteiger partial charge is 0.322 e. The van der Waals surface area contributed by atoms with Crippen LogP contribution in [0.15, 0.2) is 48.8 Å². The van der Waals surface area contributed by atoms with E-state index in [1.807, 2.05) is 12.1 Å². The first kappa shape index (κ1) is 20.9. The fraction of sp³-hybridized carbons (Fsp3) is 0.320. The Balaban J connectivity index is 1.44. The van der Waals surface area contributed by atoms with Crippen molar-refractivity contribution in [3.63, 3.8) is 0 Å². The number of hydrogen-bond donors (Lipinski definition) is 1. The number of nitrogens with one attached hydrogen (secondary N) is 1. The van der Waals surface area contributed by atoms with Gasteiger partial charge in [0.1, 0.15) is 5.82 Å². The second-order valence-electron chi connectivity index (χ2n) is 8.38. The molecule has 2 aliphatic rings. The molecule has 2 aromatic heterocycles. The molecule has 0 aliphatic carbocycles. The van der Waals surface area contributed by atoms with Crippen molar-refractivity contribution < 1.29 is 4.79 Å². The Hall–Kier alpha value is -3.99. The van der Waals surface area contributed by atoms with E-state index in [1.165, 1.54) is 6.42 Å². The summed E-state index contributed by atoms with van der Waals surface area (Å²) < 4.78 is 0. The summed E-state index contributed by atoms with van der Waals surface area (Å²) in [5, 5.41) is 12.0. The molecule has 2 amide bonds. The Bertz CT molecular complexity index is 1200. The number of benzene rings is 1. The number of nitrogens with zero attached hydrogens (tertiary/aromatic N) is 6. The first-order chi connectivity index (χ1) is 16.2. The summed E-state index contributed by atoms with van der Waals surface area (Å²) in [5.74, 6) is 1.62. The molecule has 166 valence electrons. The minimum Gasteiger partial charge on any atom is -0.356 e. The topological polar surface area (TPSA) is 98.0 Å². The van der Waals surface area contributed by atoms with Crippen LogP contribution in [0.1, 0.15) is 36.1 Å². The van der Waals surface area contributed by atoms with E-state index in [4.69, 9.17) is 15.2 Å². The molecular weight excluding hydrogens is 414 g/mol. The zero-order valence-electron chi connectivity index (χ0n) is 18.4. The van der Waals surface area contributed by atoms with Gasteiger partial charge in [-0.3, -0.25) is 4.98 Å².